The quantitative estimate of drug-likeness (QED) is 0.387. The second-order valence-corrected chi connectivity index (χ2v) is 8.67. The van der Waals surface area contributed by atoms with Crippen molar-refractivity contribution in [3.63, 3.8) is 0 Å². The Morgan fingerprint density at radius 2 is 2.19 bits per heavy atom. The van der Waals surface area contributed by atoms with Gasteiger partial charge in [0.05, 0.1) is 18.8 Å². The molecule has 1 fully saturated rings. The van der Waals surface area contributed by atoms with Crippen LogP contribution in [-0.4, -0.2) is 52.8 Å². The number of carboxylic acids is 1. The van der Waals surface area contributed by atoms with Gasteiger partial charge in [0.1, 0.15) is 18.5 Å². The Morgan fingerprint density at radius 3 is 2.97 bits per heavy atom. The molecule has 1 heterocycles. The van der Waals surface area contributed by atoms with Crippen molar-refractivity contribution in [3.05, 3.63) is 53.6 Å². The number of ether oxygens (including phenoxy) is 2. The zero-order chi connectivity index (χ0) is 22.2. The Morgan fingerprint density at radius 1 is 1.35 bits per heavy atom. The SMILES string of the molecule is Cc1cccc(OC[C@H](O)/C=C/[C@@H]2[C@H]3CC=C(CCCCC(=O)O)CO[C@H]3C[C@H]2O)c1. The summed E-state index contributed by atoms with van der Waals surface area (Å²) >= 11 is 0. The summed E-state index contributed by atoms with van der Waals surface area (Å²) in [7, 11) is 0. The summed E-state index contributed by atoms with van der Waals surface area (Å²) in [5.74, 6) is 0.0798. The highest BCUT2D eigenvalue weighted by Gasteiger charge is 2.42. The minimum Gasteiger partial charge on any atom is -0.491 e. The van der Waals surface area contributed by atoms with Crippen LogP contribution in [0.25, 0.3) is 0 Å². The molecule has 0 aromatic heterocycles. The van der Waals surface area contributed by atoms with Gasteiger partial charge < -0.3 is 24.8 Å². The molecular weight excluding hydrogens is 396 g/mol. The standard InChI is InChI=1S/C25H34O6/c1-17-5-4-7-20(13-17)30-16-19(26)10-12-21-22-11-9-18(6-2-3-8-25(28)29)15-31-24(22)14-23(21)27/h4-5,7,9-10,12-13,19,21-24,26-27H,2-3,6,8,11,14-16H2,1H3,(H,28,29)/b12-10+/t19-,21-,22-,23-,24+/m1/s1. The molecule has 6 nitrogen and oxygen atoms in total. The minimum atomic E-state index is -0.754. The number of carboxylic acid groups (broad SMARTS) is 1. The van der Waals surface area contributed by atoms with Crippen LogP contribution in [0.1, 0.15) is 44.1 Å². The highest BCUT2D eigenvalue weighted by molar-refractivity contribution is 5.66. The number of aliphatic hydroxyl groups excluding tert-OH is 2. The van der Waals surface area contributed by atoms with E-state index in [1.54, 1.807) is 6.08 Å². The first-order chi connectivity index (χ1) is 14.9. The van der Waals surface area contributed by atoms with Crippen LogP contribution in [0.4, 0.5) is 0 Å². The number of hydrogen-bond acceptors (Lipinski definition) is 5. The summed E-state index contributed by atoms with van der Waals surface area (Å²) < 4.78 is 11.7. The van der Waals surface area contributed by atoms with E-state index < -0.39 is 18.2 Å². The van der Waals surface area contributed by atoms with Gasteiger partial charge >= 0.3 is 5.97 Å². The minimum absolute atomic E-state index is 0.00175. The van der Waals surface area contributed by atoms with E-state index in [0.717, 1.165) is 30.6 Å². The molecule has 1 aromatic rings. The number of unbranched alkanes of at least 4 members (excludes halogenated alkanes) is 1. The molecule has 0 saturated heterocycles. The summed E-state index contributed by atoms with van der Waals surface area (Å²) in [6.45, 7) is 2.70. The fourth-order valence-electron chi connectivity index (χ4n) is 4.45. The van der Waals surface area contributed by atoms with Crippen molar-refractivity contribution in [3.8, 4) is 5.75 Å². The first-order valence-electron chi connectivity index (χ1n) is 11.2. The molecule has 0 radical (unpaired) electrons. The monoisotopic (exact) mass is 430 g/mol. The number of allylic oxidation sites excluding steroid dienone is 1. The molecule has 170 valence electrons. The zero-order valence-corrected chi connectivity index (χ0v) is 18.2. The van der Waals surface area contributed by atoms with Crippen LogP contribution in [0.3, 0.4) is 0 Å². The number of aryl methyl sites for hydroxylation is 1. The highest BCUT2D eigenvalue weighted by atomic mass is 16.5. The van der Waals surface area contributed by atoms with Gasteiger partial charge in [-0.3, -0.25) is 4.79 Å². The van der Waals surface area contributed by atoms with Crippen LogP contribution in [0.5, 0.6) is 5.75 Å². The molecule has 1 saturated carbocycles. The van der Waals surface area contributed by atoms with E-state index in [0.29, 0.717) is 19.4 Å². The highest BCUT2D eigenvalue weighted by Crippen LogP contribution is 2.40. The number of carbonyl (C=O) groups is 1. The van der Waals surface area contributed by atoms with Crippen LogP contribution in [0.2, 0.25) is 0 Å². The number of benzene rings is 1. The normalized spacial score (nSPS) is 26.9. The summed E-state index contributed by atoms with van der Waals surface area (Å²) in [6, 6.07) is 7.70. The topological polar surface area (TPSA) is 96.2 Å². The molecule has 31 heavy (non-hydrogen) atoms. The van der Waals surface area contributed by atoms with Gasteiger partial charge in [0, 0.05) is 18.8 Å². The Hall–Kier alpha value is -2.15. The summed E-state index contributed by atoms with van der Waals surface area (Å²) in [6.07, 6.45) is 8.57. The second-order valence-electron chi connectivity index (χ2n) is 8.67. The lowest BCUT2D eigenvalue weighted by molar-refractivity contribution is -0.137. The molecule has 1 aromatic carbocycles. The van der Waals surface area contributed by atoms with E-state index in [1.807, 2.05) is 37.3 Å². The molecule has 0 bridgehead atoms. The maximum absolute atomic E-state index is 10.6. The Bertz CT molecular complexity index is 786. The number of hydrogen-bond donors (Lipinski definition) is 3. The summed E-state index contributed by atoms with van der Waals surface area (Å²) in [5.41, 5.74) is 2.31. The third kappa shape index (κ3) is 7.20. The van der Waals surface area contributed by atoms with Gasteiger partial charge in [-0.15, -0.1) is 0 Å². The summed E-state index contributed by atoms with van der Waals surface area (Å²) in [5, 5.41) is 29.6. The largest absolute Gasteiger partial charge is 0.491 e. The molecule has 1 aliphatic carbocycles. The molecule has 6 heteroatoms. The number of aliphatic carboxylic acids is 1. The number of rotatable bonds is 10. The predicted molar refractivity (Wildman–Crippen MR) is 118 cm³/mol. The van der Waals surface area contributed by atoms with Gasteiger partial charge in [-0.1, -0.05) is 30.4 Å². The van der Waals surface area contributed by atoms with Gasteiger partial charge in [0.2, 0.25) is 0 Å². The average Bonchev–Trinajstić information content (AvgIpc) is 2.89. The first-order valence-corrected chi connectivity index (χ1v) is 11.2. The first kappa shape index (κ1) is 23.5. The van der Waals surface area contributed by atoms with Crippen LogP contribution in [0, 0.1) is 18.8 Å². The van der Waals surface area contributed by atoms with Gasteiger partial charge in [-0.2, -0.15) is 0 Å². The predicted octanol–water partition coefficient (Wildman–Crippen LogP) is 3.65. The third-order valence-electron chi connectivity index (χ3n) is 6.16. The van der Waals surface area contributed by atoms with Crippen molar-refractivity contribution in [2.75, 3.05) is 13.2 Å². The molecule has 0 amide bonds. The van der Waals surface area contributed by atoms with Gasteiger partial charge in [-0.05, 0) is 61.8 Å². The Balaban J connectivity index is 1.50. The van der Waals surface area contributed by atoms with Crippen molar-refractivity contribution in [1.29, 1.82) is 0 Å². The Labute approximate surface area is 184 Å². The van der Waals surface area contributed by atoms with E-state index in [-0.39, 0.29) is 31.0 Å². The molecule has 0 spiro atoms. The van der Waals surface area contributed by atoms with Gasteiger partial charge in [0.25, 0.3) is 0 Å². The van der Waals surface area contributed by atoms with Crippen LogP contribution < -0.4 is 4.74 Å². The Kier molecular flexibility index (Phi) is 8.69. The lowest BCUT2D eigenvalue weighted by Gasteiger charge is -2.20. The van der Waals surface area contributed by atoms with Gasteiger partial charge in [0.15, 0.2) is 0 Å². The number of fused-ring (bicyclic) bond motifs is 1. The van der Waals surface area contributed by atoms with Crippen LogP contribution in [-0.2, 0) is 9.53 Å². The van der Waals surface area contributed by atoms with Crippen molar-refractivity contribution >= 4 is 5.97 Å². The van der Waals surface area contributed by atoms with Crippen molar-refractivity contribution in [2.45, 2.75) is 63.8 Å². The average molecular weight is 431 g/mol. The van der Waals surface area contributed by atoms with E-state index in [2.05, 4.69) is 6.08 Å². The smallest absolute Gasteiger partial charge is 0.303 e. The molecule has 5 atom stereocenters. The molecule has 3 N–H and O–H groups in total. The zero-order valence-electron chi connectivity index (χ0n) is 18.2. The van der Waals surface area contributed by atoms with Crippen molar-refractivity contribution < 1.29 is 29.6 Å². The van der Waals surface area contributed by atoms with Gasteiger partial charge in [-0.25, -0.2) is 0 Å². The molecular formula is C25H34O6. The van der Waals surface area contributed by atoms with E-state index in [4.69, 9.17) is 14.6 Å². The van der Waals surface area contributed by atoms with E-state index in [9.17, 15) is 15.0 Å². The lowest BCUT2D eigenvalue weighted by Crippen LogP contribution is -2.22. The lowest BCUT2D eigenvalue weighted by atomic mass is 9.89. The second kappa shape index (κ2) is 11.5. The van der Waals surface area contributed by atoms with Crippen molar-refractivity contribution in [1.82, 2.24) is 0 Å². The van der Waals surface area contributed by atoms with E-state index >= 15 is 0 Å². The summed E-state index contributed by atoms with van der Waals surface area (Å²) in [4.78, 5) is 10.6. The molecule has 2 aliphatic rings. The van der Waals surface area contributed by atoms with E-state index in [1.165, 1.54) is 5.57 Å². The van der Waals surface area contributed by atoms with Crippen LogP contribution >= 0.6 is 0 Å². The van der Waals surface area contributed by atoms with Crippen molar-refractivity contribution in [2.24, 2.45) is 11.8 Å². The molecule has 0 unspecified atom stereocenters. The molecule has 3 rings (SSSR count). The number of aliphatic hydroxyl groups is 2. The van der Waals surface area contributed by atoms with Crippen LogP contribution in [0.15, 0.2) is 48.1 Å². The fourth-order valence-corrected chi connectivity index (χ4v) is 4.45. The fraction of sp³-hybridized carbons (Fsp3) is 0.560. The maximum atomic E-state index is 10.6. The molecule has 1 aliphatic heterocycles. The third-order valence-corrected chi connectivity index (χ3v) is 6.16. The maximum Gasteiger partial charge on any atom is 0.303 e.